The summed E-state index contributed by atoms with van der Waals surface area (Å²) >= 11 is 0. The zero-order valence-electron chi connectivity index (χ0n) is 11.3. The maximum atomic E-state index is 11.2. The number of hydrogen-bond acceptors (Lipinski definition) is 4. The number of rotatable bonds is 3. The molecular weight excluding hydrogens is 248 g/mol. The van der Waals surface area contributed by atoms with Crippen LogP contribution in [-0.4, -0.2) is 30.9 Å². The average Bonchev–Trinajstić information content (AvgIpc) is 2.38. The van der Waals surface area contributed by atoms with Crippen molar-refractivity contribution >= 4 is 5.97 Å². The molecule has 1 N–H and O–H groups in total. The number of carboxylic acid groups (broad SMARTS) is 1. The van der Waals surface area contributed by atoms with Crippen LogP contribution in [0.3, 0.4) is 0 Å². The van der Waals surface area contributed by atoms with E-state index in [1.807, 2.05) is 13.8 Å². The molecular formula is C14H18O5. The minimum absolute atomic E-state index is 0.334. The fourth-order valence-electron chi connectivity index (χ4n) is 2.04. The van der Waals surface area contributed by atoms with Crippen LogP contribution in [0, 0.1) is 5.41 Å². The predicted octanol–water partition coefficient (Wildman–Crippen LogP) is 2.22. The summed E-state index contributed by atoms with van der Waals surface area (Å²) in [5, 5.41) is 9.22. The fourth-order valence-corrected chi connectivity index (χ4v) is 2.04. The Balaban J connectivity index is 2.16. The molecule has 0 radical (unpaired) electrons. The first-order chi connectivity index (χ1) is 8.94. The maximum Gasteiger partial charge on any atom is 0.333 e. The Labute approximate surface area is 112 Å². The van der Waals surface area contributed by atoms with Crippen LogP contribution in [-0.2, 0) is 14.3 Å². The highest BCUT2D eigenvalue weighted by molar-refractivity contribution is 5.73. The molecule has 1 aliphatic heterocycles. The van der Waals surface area contributed by atoms with Gasteiger partial charge in [0.05, 0.1) is 13.7 Å². The van der Waals surface area contributed by atoms with Crippen molar-refractivity contribution < 1.29 is 24.1 Å². The van der Waals surface area contributed by atoms with Gasteiger partial charge in [-0.05, 0) is 12.1 Å². The number of methoxy groups -OCH3 is 1. The first-order valence-electron chi connectivity index (χ1n) is 6.08. The van der Waals surface area contributed by atoms with Gasteiger partial charge in [0.25, 0.3) is 0 Å². The molecule has 1 aromatic rings. The Morgan fingerprint density at radius 1 is 1.37 bits per heavy atom. The van der Waals surface area contributed by atoms with E-state index in [0.29, 0.717) is 6.61 Å². The van der Waals surface area contributed by atoms with Gasteiger partial charge < -0.3 is 19.3 Å². The van der Waals surface area contributed by atoms with Gasteiger partial charge in [0, 0.05) is 11.0 Å². The first-order valence-corrected chi connectivity index (χ1v) is 6.08. The third-order valence-corrected chi connectivity index (χ3v) is 3.19. The van der Waals surface area contributed by atoms with Crippen molar-refractivity contribution in [3.8, 4) is 5.75 Å². The molecule has 0 bridgehead atoms. The standard InChI is InChI=1S/C14H18O5/c1-14(2)8-18-13(19-11(14)12(15)16)9-4-6-10(17-3)7-5-9/h4-7,11,13H,8H2,1-3H3,(H,15,16)/t11?,13-/m1/s1. The van der Waals surface area contributed by atoms with Crippen molar-refractivity contribution in [2.24, 2.45) is 5.41 Å². The van der Waals surface area contributed by atoms with Gasteiger partial charge in [-0.3, -0.25) is 0 Å². The van der Waals surface area contributed by atoms with Crippen molar-refractivity contribution in [2.45, 2.75) is 26.2 Å². The highest BCUT2D eigenvalue weighted by Crippen LogP contribution is 2.36. The van der Waals surface area contributed by atoms with Crippen molar-refractivity contribution in [1.29, 1.82) is 0 Å². The lowest BCUT2D eigenvalue weighted by Crippen LogP contribution is -2.47. The third kappa shape index (κ3) is 2.88. The first kappa shape index (κ1) is 13.8. The van der Waals surface area contributed by atoms with Gasteiger partial charge in [0.2, 0.25) is 0 Å². The molecule has 1 saturated heterocycles. The van der Waals surface area contributed by atoms with Gasteiger partial charge in [-0.2, -0.15) is 0 Å². The van der Waals surface area contributed by atoms with Gasteiger partial charge >= 0.3 is 5.97 Å². The number of hydrogen-bond donors (Lipinski definition) is 1. The van der Waals surface area contributed by atoms with E-state index in [-0.39, 0.29) is 0 Å². The van der Waals surface area contributed by atoms with Crippen molar-refractivity contribution in [3.63, 3.8) is 0 Å². The molecule has 19 heavy (non-hydrogen) atoms. The molecule has 0 spiro atoms. The van der Waals surface area contributed by atoms with Crippen LogP contribution in [0.25, 0.3) is 0 Å². The van der Waals surface area contributed by atoms with E-state index >= 15 is 0 Å². The van der Waals surface area contributed by atoms with Gasteiger partial charge in [-0.25, -0.2) is 4.79 Å². The molecule has 0 saturated carbocycles. The van der Waals surface area contributed by atoms with Crippen molar-refractivity contribution in [1.82, 2.24) is 0 Å². The van der Waals surface area contributed by atoms with E-state index in [1.54, 1.807) is 31.4 Å². The van der Waals surface area contributed by atoms with Gasteiger partial charge in [-0.1, -0.05) is 26.0 Å². The summed E-state index contributed by atoms with van der Waals surface area (Å²) in [6.07, 6.45) is -1.53. The number of carbonyl (C=O) groups is 1. The molecule has 2 rings (SSSR count). The van der Waals surface area contributed by atoms with E-state index in [4.69, 9.17) is 14.2 Å². The molecule has 5 nitrogen and oxygen atoms in total. The minimum Gasteiger partial charge on any atom is -0.497 e. The Morgan fingerprint density at radius 2 is 2.00 bits per heavy atom. The van der Waals surface area contributed by atoms with Crippen molar-refractivity contribution in [3.05, 3.63) is 29.8 Å². The van der Waals surface area contributed by atoms with Gasteiger partial charge in [0.1, 0.15) is 5.75 Å². The number of carboxylic acids is 1. The quantitative estimate of drug-likeness (QED) is 0.908. The maximum absolute atomic E-state index is 11.2. The summed E-state index contributed by atoms with van der Waals surface area (Å²) < 4.78 is 16.2. The summed E-state index contributed by atoms with van der Waals surface area (Å²) in [6, 6.07) is 7.19. The molecule has 0 aliphatic carbocycles. The molecule has 1 aromatic carbocycles. The van der Waals surface area contributed by atoms with E-state index in [2.05, 4.69) is 0 Å². The molecule has 1 fully saturated rings. The predicted molar refractivity (Wildman–Crippen MR) is 68.0 cm³/mol. The van der Waals surface area contributed by atoms with E-state index in [1.165, 1.54) is 0 Å². The van der Waals surface area contributed by atoms with Crippen LogP contribution in [0.2, 0.25) is 0 Å². The highest BCUT2D eigenvalue weighted by atomic mass is 16.7. The lowest BCUT2D eigenvalue weighted by atomic mass is 9.86. The van der Waals surface area contributed by atoms with Crippen LogP contribution in [0.15, 0.2) is 24.3 Å². The summed E-state index contributed by atoms with van der Waals surface area (Å²) in [4.78, 5) is 11.2. The molecule has 1 unspecified atom stereocenters. The van der Waals surface area contributed by atoms with Crippen LogP contribution >= 0.6 is 0 Å². The third-order valence-electron chi connectivity index (χ3n) is 3.19. The Bertz CT molecular complexity index is 451. The van der Waals surface area contributed by atoms with Gasteiger partial charge in [0.15, 0.2) is 12.4 Å². The Hall–Kier alpha value is -1.59. The normalized spacial score (nSPS) is 25.8. The fraction of sp³-hybridized carbons (Fsp3) is 0.500. The SMILES string of the molecule is COc1ccc([C@@H]2OCC(C)(C)C(C(=O)O)O2)cc1. The largest absolute Gasteiger partial charge is 0.497 e. The van der Waals surface area contributed by atoms with Crippen molar-refractivity contribution in [2.75, 3.05) is 13.7 Å². The zero-order chi connectivity index (χ0) is 14.0. The molecule has 1 aliphatic rings. The van der Waals surface area contributed by atoms with Crippen LogP contribution < -0.4 is 4.74 Å². The number of benzene rings is 1. The lowest BCUT2D eigenvalue weighted by Gasteiger charge is -2.39. The Morgan fingerprint density at radius 3 is 2.53 bits per heavy atom. The van der Waals surface area contributed by atoms with E-state index < -0.39 is 23.8 Å². The molecule has 1 heterocycles. The van der Waals surface area contributed by atoms with Crippen LogP contribution in [0.4, 0.5) is 0 Å². The number of aliphatic carboxylic acids is 1. The summed E-state index contributed by atoms with van der Waals surface area (Å²) in [5.41, 5.74) is 0.233. The van der Waals surface area contributed by atoms with Gasteiger partial charge in [-0.15, -0.1) is 0 Å². The topological polar surface area (TPSA) is 65.0 Å². The van der Waals surface area contributed by atoms with Crippen LogP contribution in [0.1, 0.15) is 25.7 Å². The lowest BCUT2D eigenvalue weighted by molar-refractivity contribution is -0.264. The minimum atomic E-state index is -0.966. The second-order valence-electron chi connectivity index (χ2n) is 5.26. The van der Waals surface area contributed by atoms with E-state index in [9.17, 15) is 9.90 Å². The highest BCUT2D eigenvalue weighted by Gasteiger charge is 2.43. The molecule has 5 heteroatoms. The monoisotopic (exact) mass is 266 g/mol. The zero-order valence-corrected chi connectivity index (χ0v) is 11.3. The average molecular weight is 266 g/mol. The molecule has 0 aromatic heterocycles. The Kier molecular flexibility index (Phi) is 3.78. The molecule has 2 atom stereocenters. The summed E-state index contributed by atoms with van der Waals surface area (Å²) in [5.74, 6) is -0.235. The second kappa shape index (κ2) is 5.19. The molecule has 104 valence electrons. The molecule has 0 amide bonds. The van der Waals surface area contributed by atoms with Crippen LogP contribution in [0.5, 0.6) is 5.75 Å². The summed E-state index contributed by atoms with van der Waals surface area (Å²) in [6.45, 7) is 3.96. The smallest absolute Gasteiger partial charge is 0.333 e. The van der Waals surface area contributed by atoms with E-state index in [0.717, 1.165) is 11.3 Å². The second-order valence-corrected chi connectivity index (χ2v) is 5.26. The summed E-state index contributed by atoms with van der Waals surface area (Å²) in [7, 11) is 1.59. The number of ether oxygens (including phenoxy) is 3.